The summed E-state index contributed by atoms with van der Waals surface area (Å²) in [5, 5.41) is 3.35. The molecule has 0 amide bonds. The molecule has 0 fully saturated rings. The summed E-state index contributed by atoms with van der Waals surface area (Å²) < 4.78 is 0. The van der Waals surface area contributed by atoms with Crippen molar-refractivity contribution in [3.8, 4) is 12.3 Å². The van der Waals surface area contributed by atoms with Crippen molar-refractivity contribution in [3.05, 3.63) is 24.3 Å². The van der Waals surface area contributed by atoms with Crippen molar-refractivity contribution in [1.82, 2.24) is 15.3 Å². The van der Waals surface area contributed by atoms with Crippen LogP contribution in [0.3, 0.4) is 0 Å². The monoisotopic (exact) mass is 189 g/mol. The van der Waals surface area contributed by atoms with E-state index in [9.17, 15) is 0 Å². The molecule has 0 bridgehead atoms. The van der Waals surface area contributed by atoms with Gasteiger partial charge >= 0.3 is 0 Å². The van der Waals surface area contributed by atoms with E-state index < -0.39 is 0 Å². The molecule has 1 N–H and O–H groups in total. The summed E-state index contributed by atoms with van der Waals surface area (Å²) in [5.74, 6) is 2.66. The first-order valence-corrected chi connectivity index (χ1v) is 4.78. The van der Waals surface area contributed by atoms with Crippen molar-refractivity contribution in [2.24, 2.45) is 0 Å². The minimum atomic E-state index is 0.384. The van der Waals surface area contributed by atoms with Gasteiger partial charge < -0.3 is 5.32 Å². The first kappa shape index (κ1) is 10.7. The Morgan fingerprint density at radius 1 is 1.64 bits per heavy atom. The number of hydrogen-bond acceptors (Lipinski definition) is 3. The second-order valence-corrected chi connectivity index (χ2v) is 3.10. The zero-order valence-electron chi connectivity index (χ0n) is 8.40. The molecule has 1 heterocycles. The lowest BCUT2D eigenvalue weighted by Gasteiger charge is -2.13. The van der Waals surface area contributed by atoms with Gasteiger partial charge in [0, 0.05) is 25.2 Å². The van der Waals surface area contributed by atoms with Crippen molar-refractivity contribution in [2.45, 2.75) is 32.4 Å². The van der Waals surface area contributed by atoms with E-state index in [2.05, 4.69) is 28.1 Å². The van der Waals surface area contributed by atoms with Gasteiger partial charge in [-0.15, -0.1) is 12.3 Å². The molecule has 74 valence electrons. The van der Waals surface area contributed by atoms with Crippen LogP contribution < -0.4 is 5.32 Å². The Balaban J connectivity index is 2.36. The Morgan fingerprint density at radius 2 is 2.50 bits per heavy atom. The van der Waals surface area contributed by atoms with Crippen LogP contribution in [0.2, 0.25) is 0 Å². The lowest BCUT2D eigenvalue weighted by molar-refractivity contribution is 0.502. The molecule has 3 nitrogen and oxygen atoms in total. The standard InChI is InChI=1S/C11H15N3/c1-3-5-10(4-2)13-8-11-6-7-12-9-14-11/h1,6-7,9-10,13H,4-5,8H2,2H3. The van der Waals surface area contributed by atoms with Crippen molar-refractivity contribution >= 4 is 0 Å². The van der Waals surface area contributed by atoms with Crippen molar-refractivity contribution < 1.29 is 0 Å². The first-order chi connectivity index (χ1) is 6.86. The zero-order valence-corrected chi connectivity index (χ0v) is 8.40. The number of aromatic nitrogens is 2. The van der Waals surface area contributed by atoms with E-state index in [1.54, 1.807) is 12.5 Å². The van der Waals surface area contributed by atoms with Crippen molar-refractivity contribution in [1.29, 1.82) is 0 Å². The SMILES string of the molecule is C#CCC(CC)NCc1ccncn1. The average molecular weight is 189 g/mol. The lowest BCUT2D eigenvalue weighted by atomic mass is 10.1. The van der Waals surface area contributed by atoms with Gasteiger partial charge in [-0.05, 0) is 12.5 Å². The van der Waals surface area contributed by atoms with Crippen LogP contribution in [0.15, 0.2) is 18.6 Å². The van der Waals surface area contributed by atoms with Crippen molar-refractivity contribution in [3.63, 3.8) is 0 Å². The summed E-state index contributed by atoms with van der Waals surface area (Å²) in [5.41, 5.74) is 0.996. The molecule has 0 aliphatic heterocycles. The summed E-state index contributed by atoms with van der Waals surface area (Å²) in [6.45, 7) is 2.87. The molecule has 0 saturated carbocycles. The minimum Gasteiger partial charge on any atom is -0.307 e. The summed E-state index contributed by atoms with van der Waals surface area (Å²) >= 11 is 0. The Morgan fingerprint density at radius 3 is 3.07 bits per heavy atom. The summed E-state index contributed by atoms with van der Waals surface area (Å²) in [4.78, 5) is 7.98. The third kappa shape index (κ3) is 3.55. The Bertz CT molecular complexity index is 289. The largest absolute Gasteiger partial charge is 0.307 e. The molecule has 14 heavy (non-hydrogen) atoms. The van der Waals surface area contributed by atoms with Crippen LogP contribution >= 0.6 is 0 Å². The van der Waals surface area contributed by atoms with Crippen LogP contribution in [0.25, 0.3) is 0 Å². The van der Waals surface area contributed by atoms with Crippen LogP contribution in [0.4, 0.5) is 0 Å². The third-order valence-electron chi connectivity index (χ3n) is 2.07. The summed E-state index contributed by atoms with van der Waals surface area (Å²) in [6, 6.07) is 2.28. The molecular formula is C11H15N3. The molecule has 0 aliphatic rings. The van der Waals surface area contributed by atoms with Gasteiger partial charge in [0.15, 0.2) is 0 Å². The average Bonchev–Trinajstić information content (AvgIpc) is 2.25. The highest BCUT2D eigenvalue weighted by Gasteiger charge is 2.03. The predicted molar refractivity (Wildman–Crippen MR) is 56.4 cm³/mol. The van der Waals surface area contributed by atoms with E-state index >= 15 is 0 Å². The van der Waals surface area contributed by atoms with E-state index in [-0.39, 0.29) is 0 Å². The summed E-state index contributed by atoms with van der Waals surface area (Å²) in [6.07, 6.45) is 10.4. The van der Waals surface area contributed by atoms with Crippen molar-refractivity contribution in [2.75, 3.05) is 0 Å². The number of hydrogen-bond donors (Lipinski definition) is 1. The molecular weight excluding hydrogens is 174 g/mol. The fourth-order valence-electron chi connectivity index (χ4n) is 1.17. The molecule has 1 aromatic heterocycles. The van der Waals surface area contributed by atoms with Crippen LogP contribution in [0.1, 0.15) is 25.5 Å². The van der Waals surface area contributed by atoms with Gasteiger partial charge in [0.05, 0.1) is 5.69 Å². The molecule has 0 spiro atoms. The van der Waals surface area contributed by atoms with Crippen LogP contribution in [0.5, 0.6) is 0 Å². The number of rotatable bonds is 5. The van der Waals surface area contributed by atoms with Crippen LogP contribution in [0, 0.1) is 12.3 Å². The molecule has 0 aromatic carbocycles. The van der Waals surface area contributed by atoms with Gasteiger partial charge in [-0.2, -0.15) is 0 Å². The van der Waals surface area contributed by atoms with Crippen LogP contribution in [-0.4, -0.2) is 16.0 Å². The highest BCUT2D eigenvalue weighted by atomic mass is 14.9. The highest BCUT2D eigenvalue weighted by molar-refractivity contribution is 4.98. The second-order valence-electron chi connectivity index (χ2n) is 3.10. The van der Waals surface area contributed by atoms with Gasteiger partial charge in [-0.25, -0.2) is 9.97 Å². The number of nitrogens with zero attached hydrogens (tertiary/aromatic N) is 2. The fourth-order valence-corrected chi connectivity index (χ4v) is 1.17. The van der Waals surface area contributed by atoms with E-state index in [0.29, 0.717) is 6.04 Å². The molecule has 1 unspecified atom stereocenters. The molecule has 0 aliphatic carbocycles. The molecule has 0 saturated heterocycles. The normalized spacial score (nSPS) is 12.0. The first-order valence-electron chi connectivity index (χ1n) is 4.78. The van der Waals surface area contributed by atoms with E-state index in [1.807, 2.05) is 6.07 Å². The zero-order chi connectivity index (χ0) is 10.2. The lowest BCUT2D eigenvalue weighted by Crippen LogP contribution is -2.27. The smallest absolute Gasteiger partial charge is 0.115 e. The van der Waals surface area contributed by atoms with Gasteiger partial charge in [0.2, 0.25) is 0 Å². The van der Waals surface area contributed by atoms with Crippen LogP contribution in [-0.2, 0) is 6.54 Å². The molecule has 1 aromatic rings. The van der Waals surface area contributed by atoms with Gasteiger partial charge in [-0.3, -0.25) is 0 Å². The topological polar surface area (TPSA) is 37.8 Å². The molecule has 1 rings (SSSR count). The predicted octanol–water partition coefficient (Wildman–Crippen LogP) is 1.37. The molecule has 3 heteroatoms. The molecule has 0 radical (unpaired) electrons. The maximum atomic E-state index is 5.26. The Kier molecular flexibility index (Phi) is 4.66. The van der Waals surface area contributed by atoms with Gasteiger partial charge in [-0.1, -0.05) is 6.92 Å². The quantitative estimate of drug-likeness (QED) is 0.711. The molecule has 1 atom stereocenters. The Hall–Kier alpha value is -1.40. The fraction of sp³-hybridized carbons (Fsp3) is 0.455. The maximum Gasteiger partial charge on any atom is 0.115 e. The summed E-state index contributed by atoms with van der Waals surface area (Å²) in [7, 11) is 0. The Labute approximate surface area is 85.0 Å². The van der Waals surface area contributed by atoms with E-state index in [1.165, 1.54) is 0 Å². The van der Waals surface area contributed by atoms with E-state index in [4.69, 9.17) is 6.42 Å². The minimum absolute atomic E-state index is 0.384. The second kappa shape index (κ2) is 6.11. The maximum absolute atomic E-state index is 5.26. The third-order valence-corrected chi connectivity index (χ3v) is 2.07. The van der Waals surface area contributed by atoms with E-state index in [0.717, 1.165) is 25.1 Å². The van der Waals surface area contributed by atoms with Gasteiger partial charge in [0.1, 0.15) is 6.33 Å². The van der Waals surface area contributed by atoms with Gasteiger partial charge in [0.25, 0.3) is 0 Å². The number of nitrogens with one attached hydrogen (secondary N) is 1. The highest BCUT2D eigenvalue weighted by Crippen LogP contribution is 1.98. The number of terminal acetylenes is 1.